The van der Waals surface area contributed by atoms with Crippen LogP contribution in [0.5, 0.6) is 5.75 Å². The Labute approximate surface area is 174 Å². The van der Waals surface area contributed by atoms with Crippen molar-refractivity contribution in [1.29, 1.82) is 0 Å². The summed E-state index contributed by atoms with van der Waals surface area (Å²) in [5, 5.41) is 8.27. The summed E-state index contributed by atoms with van der Waals surface area (Å²) in [6.45, 7) is 0. The van der Waals surface area contributed by atoms with Crippen LogP contribution in [-0.2, 0) is 0 Å². The molecule has 0 aliphatic carbocycles. The van der Waals surface area contributed by atoms with Gasteiger partial charge in [-0.15, -0.1) is 0 Å². The molecule has 1 N–H and O–H groups in total. The minimum atomic E-state index is 0.117. The number of anilines is 1. The van der Waals surface area contributed by atoms with Gasteiger partial charge >= 0.3 is 0 Å². The topological polar surface area (TPSA) is 58.3 Å². The van der Waals surface area contributed by atoms with E-state index in [4.69, 9.17) is 14.8 Å². The van der Waals surface area contributed by atoms with E-state index in [1.54, 1.807) is 19.5 Å². The third kappa shape index (κ3) is 3.00. The lowest BCUT2D eigenvalue weighted by atomic mass is 10.0. The summed E-state index contributed by atoms with van der Waals surface area (Å²) in [4.78, 5) is 9.03. The Morgan fingerprint density at radius 3 is 2.50 bits per heavy atom. The molecule has 0 aromatic heterocycles. The zero-order chi connectivity index (χ0) is 20.4. The molecule has 2 heterocycles. The molecular weight excluding hydrogens is 374 g/mol. The van der Waals surface area contributed by atoms with Crippen molar-refractivity contribution >= 4 is 29.4 Å². The second-order valence-electron chi connectivity index (χ2n) is 6.86. The van der Waals surface area contributed by atoms with Gasteiger partial charge in [-0.3, -0.25) is 4.99 Å². The molecular formula is C24H20N5O+. The minimum absolute atomic E-state index is 0.117. The molecule has 0 bridgehead atoms. The van der Waals surface area contributed by atoms with Crippen molar-refractivity contribution in [2.45, 2.75) is 0 Å². The van der Waals surface area contributed by atoms with Gasteiger partial charge in [0.1, 0.15) is 12.0 Å². The van der Waals surface area contributed by atoms with Crippen molar-refractivity contribution in [3.8, 4) is 16.9 Å². The molecule has 0 saturated heterocycles. The fourth-order valence-electron chi connectivity index (χ4n) is 3.69. The number of guanidine groups is 1. The van der Waals surface area contributed by atoms with E-state index in [9.17, 15) is 0 Å². The van der Waals surface area contributed by atoms with Gasteiger partial charge in [0.2, 0.25) is 0 Å². The fourth-order valence-corrected chi connectivity index (χ4v) is 3.69. The number of hydrogen-bond donors (Lipinski definition) is 1. The molecule has 2 aliphatic rings. The fraction of sp³-hybridized carbons (Fsp3) is 0.0417. The van der Waals surface area contributed by atoms with Crippen molar-refractivity contribution in [2.75, 3.05) is 12.4 Å². The number of quaternary nitrogens is 1. The highest BCUT2D eigenvalue weighted by atomic mass is 16.5. The summed E-state index contributed by atoms with van der Waals surface area (Å²) in [5.74, 6) is 1.94. The Bertz CT molecular complexity index is 1210. The number of hydrogen-bond acceptors (Lipinski definition) is 5. The Hall–Kier alpha value is -4.03. The Morgan fingerprint density at radius 2 is 1.63 bits per heavy atom. The number of nitrogens with zero attached hydrogens (tertiary/aromatic N) is 4. The number of benzene rings is 3. The predicted octanol–water partition coefficient (Wildman–Crippen LogP) is 5.02. The van der Waals surface area contributed by atoms with E-state index in [1.165, 1.54) is 0 Å². The lowest BCUT2D eigenvalue weighted by molar-refractivity contribution is 0.417. The van der Waals surface area contributed by atoms with Crippen LogP contribution in [0.3, 0.4) is 0 Å². The molecule has 30 heavy (non-hydrogen) atoms. The predicted molar refractivity (Wildman–Crippen MR) is 123 cm³/mol. The molecule has 0 fully saturated rings. The number of para-hydroxylation sites is 3. The van der Waals surface area contributed by atoms with Crippen LogP contribution < -0.4 is 14.6 Å². The third-order valence-corrected chi connectivity index (χ3v) is 5.09. The number of ether oxygens (including phenoxy) is 1. The van der Waals surface area contributed by atoms with Crippen LogP contribution in [0.1, 0.15) is 0 Å². The summed E-state index contributed by atoms with van der Waals surface area (Å²) >= 11 is 0. The van der Waals surface area contributed by atoms with Crippen LogP contribution in [0.2, 0.25) is 0 Å². The van der Waals surface area contributed by atoms with Gasteiger partial charge in [-0.25, -0.2) is 0 Å². The molecule has 1 unspecified atom stereocenters. The molecule has 6 heteroatoms. The van der Waals surface area contributed by atoms with Gasteiger partial charge in [0.25, 0.3) is 11.8 Å². The lowest BCUT2D eigenvalue weighted by Gasteiger charge is -2.26. The van der Waals surface area contributed by atoms with E-state index in [2.05, 4.69) is 34.6 Å². The molecule has 3 aromatic rings. The standard InChI is InChI=1S/C24H20N5O/c1-30-22-14-8-6-12-20(22)26-24-27-23-17-25-15-16-29(23,28-24)21-13-7-5-11-19(21)18-9-3-2-4-10-18/h2-17H,1H3,(H,26,28)/q+1. The van der Waals surface area contributed by atoms with Crippen LogP contribution in [0.25, 0.3) is 11.1 Å². The number of amidine groups is 1. The van der Waals surface area contributed by atoms with Crippen molar-refractivity contribution in [3.63, 3.8) is 0 Å². The van der Waals surface area contributed by atoms with Crippen molar-refractivity contribution in [3.05, 3.63) is 91.3 Å². The zero-order valence-electron chi connectivity index (χ0n) is 16.4. The Kier molecular flexibility index (Phi) is 4.46. The largest absolute Gasteiger partial charge is 0.495 e. The number of methoxy groups -OCH3 is 1. The third-order valence-electron chi connectivity index (χ3n) is 5.09. The Balaban J connectivity index is 1.62. The smallest absolute Gasteiger partial charge is 0.287 e. The monoisotopic (exact) mass is 394 g/mol. The van der Waals surface area contributed by atoms with Crippen molar-refractivity contribution in [2.24, 2.45) is 15.1 Å². The maximum Gasteiger partial charge on any atom is 0.287 e. The van der Waals surface area contributed by atoms with Gasteiger partial charge < -0.3 is 10.1 Å². The minimum Gasteiger partial charge on any atom is -0.495 e. The zero-order valence-corrected chi connectivity index (χ0v) is 16.4. The molecule has 2 aliphatic heterocycles. The van der Waals surface area contributed by atoms with E-state index < -0.39 is 0 Å². The molecule has 3 aromatic carbocycles. The quantitative estimate of drug-likeness (QED) is 0.632. The maximum absolute atomic E-state index is 5.45. The highest BCUT2D eigenvalue weighted by Gasteiger charge is 2.44. The van der Waals surface area contributed by atoms with Crippen molar-refractivity contribution < 1.29 is 4.74 Å². The van der Waals surface area contributed by atoms with Gasteiger partial charge in [-0.2, -0.15) is 4.99 Å². The maximum atomic E-state index is 5.45. The van der Waals surface area contributed by atoms with E-state index in [-0.39, 0.29) is 4.59 Å². The van der Waals surface area contributed by atoms with Crippen LogP contribution in [0.15, 0.2) is 106 Å². The van der Waals surface area contributed by atoms with Crippen LogP contribution in [0, 0.1) is 0 Å². The number of nitrogens with one attached hydrogen (secondary N) is 1. The SMILES string of the molecule is COc1ccccc1NC1=N[N+]2(c3ccccc3-c3ccccc3)C=CN=CC2=N1. The molecule has 6 nitrogen and oxygen atoms in total. The van der Waals surface area contributed by atoms with E-state index in [0.29, 0.717) is 5.96 Å². The molecule has 5 rings (SSSR count). The first-order chi connectivity index (χ1) is 14.8. The summed E-state index contributed by atoms with van der Waals surface area (Å²) in [5.41, 5.74) is 4.02. The molecule has 0 radical (unpaired) electrons. The first-order valence-electron chi connectivity index (χ1n) is 9.64. The van der Waals surface area contributed by atoms with Crippen LogP contribution in [-0.4, -0.2) is 25.1 Å². The Morgan fingerprint density at radius 1 is 0.867 bits per heavy atom. The number of aliphatic imine (C=N–C) groups is 2. The van der Waals surface area contributed by atoms with Gasteiger partial charge in [0, 0.05) is 11.6 Å². The molecule has 1 atom stereocenters. The van der Waals surface area contributed by atoms with Gasteiger partial charge in [0.05, 0.1) is 19.0 Å². The number of fused-ring (bicyclic) bond motifs is 1. The summed E-state index contributed by atoms with van der Waals surface area (Å²) in [6, 6.07) is 26.2. The van der Waals surface area contributed by atoms with Crippen LogP contribution in [0.4, 0.5) is 11.4 Å². The highest BCUT2D eigenvalue weighted by molar-refractivity contribution is 6.38. The molecule has 0 amide bonds. The van der Waals surface area contributed by atoms with Crippen molar-refractivity contribution in [1.82, 2.24) is 4.59 Å². The number of rotatable bonds is 4. The second kappa shape index (κ2) is 7.42. The lowest BCUT2D eigenvalue weighted by Crippen LogP contribution is -2.44. The van der Waals surface area contributed by atoms with E-state index in [0.717, 1.165) is 34.1 Å². The molecule has 0 saturated carbocycles. The first kappa shape index (κ1) is 18.0. The highest BCUT2D eigenvalue weighted by Crippen LogP contribution is 2.39. The normalized spacial score (nSPS) is 19.1. The average molecular weight is 394 g/mol. The van der Waals surface area contributed by atoms with Gasteiger partial charge in [-0.1, -0.05) is 59.2 Å². The van der Waals surface area contributed by atoms with E-state index in [1.807, 2.05) is 60.8 Å². The molecule has 146 valence electrons. The van der Waals surface area contributed by atoms with Gasteiger partial charge in [-0.05, 0) is 28.9 Å². The average Bonchev–Trinajstić information content (AvgIpc) is 3.19. The summed E-state index contributed by atoms with van der Waals surface area (Å²) in [6.07, 6.45) is 5.45. The molecule has 0 spiro atoms. The van der Waals surface area contributed by atoms with E-state index >= 15 is 0 Å². The second-order valence-corrected chi connectivity index (χ2v) is 6.86. The van der Waals surface area contributed by atoms with Crippen LogP contribution >= 0.6 is 0 Å². The first-order valence-corrected chi connectivity index (χ1v) is 9.64. The van der Waals surface area contributed by atoms with Gasteiger partial charge in [0.15, 0.2) is 11.9 Å². The summed E-state index contributed by atoms with van der Waals surface area (Å²) in [7, 11) is 1.64. The summed E-state index contributed by atoms with van der Waals surface area (Å²) < 4.78 is 5.57.